The van der Waals surface area contributed by atoms with Crippen LogP contribution in [0.3, 0.4) is 0 Å². The average Bonchev–Trinajstić information content (AvgIpc) is 2.08. The number of carboxylic acids is 1. The highest BCUT2D eigenvalue weighted by Gasteiger charge is 2.13. The van der Waals surface area contributed by atoms with Gasteiger partial charge in [0.1, 0.15) is 6.07 Å². The lowest BCUT2D eigenvalue weighted by atomic mass is 10.1. The average molecular weight is 216 g/mol. The molecule has 0 aliphatic rings. The topological polar surface area (TPSA) is 61.1 Å². The van der Waals surface area contributed by atoms with Gasteiger partial charge in [0.2, 0.25) is 0 Å². The lowest BCUT2D eigenvalue weighted by Gasteiger charge is -2.00. The summed E-state index contributed by atoms with van der Waals surface area (Å²) in [7, 11) is 0. The summed E-state index contributed by atoms with van der Waals surface area (Å²) in [5.41, 5.74) is -0.0997. The van der Waals surface area contributed by atoms with E-state index in [1.807, 2.05) is 0 Å². The summed E-state index contributed by atoms with van der Waals surface area (Å²) in [6.45, 7) is 0. The van der Waals surface area contributed by atoms with Crippen LogP contribution < -0.4 is 0 Å². The molecule has 0 bridgehead atoms. The molecule has 0 fully saturated rings. The molecule has 66 valence electrons. The van der Waals surface area contributed by atoms with Crippen LogP contribution in [0.2, 0.25) is 10.0 Å². The Morgan fingerprint density at radius 3 is 2.54 bits per heavy atom. The van der Waals surface area contributed by atoms with E-state index in [9.17, 15) is 4.79 Å². The molecule has 0 saturated carbocycles. The fourth-order valence-corrected chi connectivity index (χ4v) is 1.28. The van der Waals surface area contributed by atoms with Crippen LogP contribution in [-0.2, 0) is 0 Å². The molecular formula is C8H3Cl2NO2. The number of rotatable bonds is 1. The molecule has 0 saturated heterocycles. The molecule has 3 nitrogen and oxygen atoms in total. The lowest BCUT2D eigenvalue weighted by molar-refractivity contribution is 0.0697. The van der Waals surface area contributed by atoms with Crippen LogP contribution in [0.4, 0.5) is 0 Å². The van der Waals surface area contributed by atoms with Gasteiger partial charge in [0, 0.05) is 5.02 Å². The molecule has 0 aliphatic carbocycles. The summed E-state index contributed by atoms with van der Waals surface area (Å²) < 4.78 is 0. The molecule has 1 rings (SSSR count). The number of nitriles is 1. The van der Waals surface area contributed by atoms with Gasteiger partial charge in [0.25, 0.3) is 0 Å². The molecule has 0 atom stereocenters. The number of benzene rings is 1. The second-order valence-corrected chi connectivity index (χ2v) is 3.05. The standard InChI is InChI=1S/C8H3Cl2NO2/c9-5-1-4(3-11)7(10)6(2-5)8(12)13/h1-2H,(H,12,13). The summed E-state index contributed by atoms with van der Waals surface area (Å²) in [4.78, 5) is 10.6. The molecule has 0 heterocycles. The summed E-state index contributed by atoms with van der Waals surface area (Å²) in [6, 6.07) is 4.27. The second kappa shape index (κ2) is 3.65. The van der Waals surface area contributed by atoms with E-state index in [4.69, 9.17) is 33.6 Å². The Morgan fingerprint density at radius 1 is 1.46 bits per heavy atom. The number of halogens is 2. The Labute approximate surface area is 84.1 Å². The molecule has 5 heteroatoms. The Bertz CT molecular complexity index is 409. The van der Waals surface area contributed by atoms with Gasteiger partial charge in [-0.05, 0) is 12.1 Å². The van der Waals surface area contributed by atoms with Gasteiger partial charge in [-0.3, -0.25) is 0 Å². The summed E-state index contributed by atoms with van der Waals surface area (Å²) >= 11 is 11.2. The third kappa shape index (κ3) is 1.92. The minimum atomic E-state index is -1.20. The maximum Gasteiger partial charge on any atom is 0.337 e. The molecule has 1 aromatic rings. The number of hydrogen-bond donors (Lipinski definition) is 1. The van der Waals surface area contributed by atoms with E-state index in [2.05, 4.69) is 0 Å². The molecule has 0 amide bonds. The van der Waals surface area contributed by atoms with Crippen molar-refractivity contribution in [1.29, 1.82) is 5.26 Å². The van der Waals surface area contributed by atoms with Crippen LogP contribution in [0.5, 0.6) is 0 Å². The van der Waals surface area contributed by atoms with Crippen LogP contribution in [0.15, 0.2) is 12.1 Å². The Balaban J connectivity index is 3.47. The van der Waals surface area contributed by atoms with Gasteiger partial charge in [0.15, 0.2) is 0 Å². The molecular weight excluding hydrogens is 213 g/mol. The van der Waals surface area contributed by atoms with Crippen molar-refractivity contribution in [3.8, 4) is 6.07 Å². The van der Waals surface area contributed by atoms with Crippen molar-refractivity contribution in [3.63, 3.8) is 0 Å². The summed E-state index contributed by atoms with van der Waals surface area (Å²) in [5, 5.41) is 17.3. The smallest absolute Gasteiger partial charge is 0.337 e. The predicted octanol–water partition coefficient (Wildman–Crippen LogP) is 2.56. The first kappa shape index (κ1) is 9.85. The fourth-order valence-electron chi connectivity index (χ4n) is 0.826. The SMILES string of the molecule is N#Cc1cc(Cl)cc(C(=O)O)c1Cl. The minimum Gasteiger partial charge on any atom is -0.478 e. The predicted molar refractivity (Wildman–Crippen MR) is 48.1 cm³/mol. The number of carboxylic acid groups (broad SMARTS) is 1. The van der Waals surface area contributed by atoms with Crippen LogP contribution in [0.1, 0.15) is 15.9 Å². The van der Waals surface area contributed by atoms with E-state index in [0.717, 1.165) is 0 Å². The maximum absolute atomic E-state index is 10.6. The molecule has 0 aliphatic heterocycles. The van der Waals surface area contributed by atoms with Crippen molar-refractivity contribution in [1.82, 2.24) is 0 Å². The van der Waals surface area contributed by atoms with Gasteiger partial charge < -0.3 is 5.11 Å². The molecule has 1 N–H and O–H groups in total. The quantitative estimate of drug-likeness (QED) is 0.784. The van der Waals surface area contributed by atoms with Gasteiger partial charge in [0.05, 0.1) is 16.1 Å². The van der Waals surface area contributed by atoms with E-state index in [1.165, 1.54) is 12.1 Å². The fraction of sp³-hybridized carbons (Fsp3) is 0. The van der Waals surface area contributed by atoms with Crippen molar-refractivity contribution in [2.45, 2.75) is 0 Å². The highest BCUT2D eigenvalue weighted by Crippen LogP contribution is 2.25. The zero-order valence-corrected chi connectivity index (χ0v) is 7.73. The zero-order valence-electron chi connectivity index (χ0n) is 6.21. The zero-order chi connectivity index (χ0) is 10.0. The van der Waals surface area contributed by atoms with Gasteiger partial charge in [-0.15, -0.1) is 0 Å². The summed E-state index contributed by atoms with van der Waals surface area (Å²) in [5.74, 6) is -1.20. The van der Waals surface area contributed by atoms with Crippen molar-refractivity contribution >= 4 is 29.2 Å². The Morgan fingerprint density at radius 2 is 2.08 bits per heavy atom. The van der Waals surface area contributed by atoms with Gasteiger partial charge >= 0.3 is 5.97 Å². The largest absolute Gasteiger partial charge is 0.478 e. The van der Waals surface area contributed by atoms with Crippen LogP contribution in [-0.4, -0.2) is 11.1 Å². The van der Waals surface area contributed by atoms with Crippen LogP contribution in [0, 0.1) is 11.3 Å². The summed E-state index contributed by atoms with van der Waals surface area (Å²) in [6.07, 6.45) is 0. The van der Waals surface area contributed by atoms with Crippen molar-refractivity contribution in [2.75, 3.05) is 0 Å². The number of aromatic carboxylic acids is 1. The van der Waals surface area contributed by atoms with Crippen molar-refractivity contribution in [3.05, 3.63) is 33.3 Å². The normalized spacial score (nSPS) is 9.31. The minimum absolute atomic E-state index is 0.0616. The number of carbonyl (C=O) groups is 1. The second-order valence-electron chi connectivity index (χ2n) is 2.23. The monoisotopic (exact) mass is 215 g/mol. The Kier molecular flexibility index (Phi) is 2.76. The molecule has 1 aromatic carbocycles. The maximum atomic E-state index is 10.6. The molecule has 0 radical (unpaired) electrons. The third-order valence-electron chi connectivity index (χ3n) is 1.39. The highest BCUT2D eigenvalue weighted by atomic mass is 35.5. The number of nitrogens with zero attached hydrogens (tertiary/aromatic N) is 1. The van der Waals surface area contributed by atoms with Gasteiger partial charge in [-0.25, -0.2) is 4.79 Å². The van der Waals surface area contributed by atoms with E-state index in [0.29, 0.717) is 0 Å². The van der Waals surface area contributed by atoms with Crippen molar-refractivity contribution in [2.24, 2.45) is 0 Å². The van der Waals surface area contributed by atoms with E-state index in [1.54, 1.807) is 6.07 Å². The lowest BCUT2D eigenvalue weighted by Crippen LogP contribution is -1.98. The molecule has 0 unspecified atom stereocenters. The Hall–Kier alpha value is -1.24. The first-order chi connectivity index (χ1) is 6.06. The van der Waals surface area contributed by atoms with Gasteiger partial charge in [-0.1, -0.05) is 23.2 Å². The first-order valence-corrected chi connectivity index (χ1v) is 3.94. The van der Waals surface area contributed by atoms with E-state index < -0.39 is 5.97 Å². The van der Waals surface area contributed by atoms with E-state index >= 15 is 0 Å². The highest BCUT2D eigenvalue weighted by molar-refractivity contribution is 6.36. The van der Waals surface area contributed by atoms with Crippen molar-refractivity contribution < 1.29 is 9.90 Å². The number of hydrogen-bond acceptors (Lipinski definition) is 2. The molecule has 0 aromatic heterocycles. The molecule has 13 heavy (non-hydrogen) atoms. The van der Waals surface area contributed by atoms with Gasteiger partial charge in [-0.2, -0.15) is 5.26 Å². The van der Waals surface area contributed by atoms with E-state index in [-0.39, 0.29) is 21.2 Å². The molecule has 0 spiro atoms. The first-order valence-electron chi connectivity index (χ1n) is 3.18. The van der Waals surface area contributed by atoms with Crippen LogP contribution in [0.25, 0.3) is 0 Å². The van der Waals surface area contributed by atoms with Crippen LogP contribution >= 0.6 is 23.2 Å². The third-order valence-corrected chi connectivity index (χ3v) is 2.01.